The molecule has 0 aliphatic heterocycles. The van der Waals surface area contributed by atoms with E-state index >= 15 is 0 Å². The van der Waals surface area contributed by atoms with E-state index in [2.05, 4.69) is 48.2 Å². The Bertz CT molecular complexity index is 971. The minimum absolute atomic E-state index is 0.0126. The first-order valence-electron chi connectivity index (χ1n) is 8.54. The normalized spacial score (nSPS) is 12.4. The largest absolute Gasteiger partial charge is 0.325 e. The van der Waals surface area contributed by atoms with E-state index in [1.54, 1.807) is 17.7 Å². The van der Waals surface area contributed by atoms with Gasteiger partial charge in [0.05, 0.1) is 5.25 Å². The summed E-state index contributed by atoms with van der Waals surface area (Å²) in [5.74, 6) is -0.0126. The first-order valence-corrected chi connectivity index (χ1v) is 10.2. The fourth-order valence-corrected chi connectivity index (χ4v) is 5.10. The highest BCUT2D eigenvalue weighted by atomic mass is 32.2. The van der Waals surface area contributed by atoms with E-state index in [9.17, 15) is 4.79 Å². The molecule has 2 heterocycles. The third-order valence-corrected chi connectivity index (χ3v) is 6.73. The van der Waals surface area contributed by atoms with Gasteiger partial charge in [0.1, 0.15) is 16.2 Å². The molecule has 0 saturated heterocycles. The quantitative estimate of drug-likeness (QED) is 0.486. The molecule has 1 atom stereocenters. The number of fused-ring (bicyclic) bond motifs is 1. The van der Waals surface area contributed by atoms with E-state index in [-0.39, 0.29) is 11.2 Å². The smallest absolute Gasteiger partial charge is 0.237 e. The van der Waals surface area contributed by atoms with Crippen LogP contribution in [-0.4, -0.2) is 21.1 Å². The molecule has 26 heavy (non-hydrogen) atoms. The van der Waals surface area contributed by atoms with Crippen molar-refractivity contribution in [1.82, 2.24) is 9.97 Å². The second kappa shape index (κ2) is 7.37. The summed E-state index contributed by atoms with van der Waals surface area (Å²) in [5, 5.41) is 4.78. The van der Waals surface area contributed by atoms with Crippen LogP contribution in [0.3, 0.4) is 0 Å². The Hall–Kier alpha value is -1.92. The summed E-state index contributed by atoms with van der Waals surface area (Å²) in [6.45, 7) is 12.2. The molecular weight excluding hydrogens is 362 g/mol. The summed E-state index contributed by atoms with van der Waals surface area (Å²) >= 11 is 3.16. The van der Waals surface area contributed by atoms with Crippen molar-refractivity contribution in [3.05, 3.63) is 45.6 Å². The van der Waals surface area contributed by atoms with E-state index in [0.717, 1.165) is 32.1 Å². The van der Waals surface area contributed by atoms with Crippen molar-refractivity contribution in [2.24, 2.45) is 0 Å². The van der Waals surface area contributed by atoms with E-state index in [1.165, 1.54) is 27.8 Å². The van der Waals surface area contributed by atoms with Gasteiger partial charge in [0.25, 0.3) is 0 Å². The van der Waals surface area contributed by atoms with Crippen LogP contribution in [0, 0.1) is 34.6 Å². The molecule has 3 rings (SSSR count). The molecule has 6 heteroatoms. The first-order chi connectivity index (χ1) is 12.3. The topological polar surface area (TPSA) is 54.9 Å². The van der Waals surface area contributed by atoms with Crippen LogP contribution in [0.15, 0.2) is 23.5 Å². The zero-order valence-corrected chi connectivity index (χ0v) is 17.6. The number of aryl methyl sites for hydroxylation is 5. The molecule has 136 valence electrons. The lowest BCUT2D eigenvalue weighted by molar-refractivity contribution is -0.115. The van der Waals surface area contributed by atoms with E-state index < -0.39 is 0 Å². The summed E-state index contributed by atoms with van der Waals surface area (Å²) in [4.78, 5) is 23.8. The standard InChI is InChI=1S/C20H23N3OS2/c1-10-7-11(2)17(12(3)8-10)23-18(24)15(6)26-20-16-13(4)14(5)25-19(16)21-9-22-20/h7-9,15H,1-6H3,(H,23,24)/t15-/m1/s1. The Balaban J connectivity index is 1.83. The second-order valence-electron chi connectivity index (χ2n) is 6.67. The minimum Gasteiger partial charge on any atom is -0.325 e. The van der Waals surface area contributed by atoms with Crippen LogP contribution in [0.5, 0.6) is 0 Å². The van der Waals surface area contributed by atoms with Crippen molar-refractivity contribution in [2.75, 3.05) is 5.32 Å². The van der Waals surface area contributed by atoms with Gasteiger partial charge in [-0.1, -0.05) is 29.5 Å². The third-order valence-electron chi connectivity index (χ3n) is 4.51. The van der Waals surface area contributed by atoms with Gasteiger partial charge in [0.15, 0.2) is 0 Å². The highest BCUT2D eigenvalue weighted by Crippen LogP contribution is 2.36. The van der Waals surface area contributed by atoms with Crippen molar-refractivity contribution in [1.29, 1.82) is 0 Å². The predicted molar refractivity (Wildman–Crippen MR) is 111 cm³/mol. The molecule has 1 amide bonds. The molecule has 0 radical (unpaired) electrons. The molecule has 0 spiro atoms. The lowest BCUT2D eigenvalue weighted by Crippen LogP contribution is -2.23. The monoisotopic (exact) mass is 385 g/mol. The van der Waals surface area contributed by atoms with Gasteiger partial charge in [-0.15, -0.1) is 11.3 Å². The van der Waals surface area contributed by atoms with E-state index in [1.807, 2.05) is 20.8 Å². The number of nitrogens with zero attached hydrogens (tertiary/aromatic N) is 2. The Morgan fingerprint density at radius 1 is 1.12 bits per heavy atom. The Morgan fingerprint density at radius 2 is 1.77 bits per heavy atom. The van der Waals surface area contributed by atoms with Crippen molar-refractivity contribution < 1.29 is 4.79 Å². The summed E-state index contributed by atoms with van der Waals surface area (Å²) in [5.41, 5.74) is 5.48. The number of anilines is 1. The van der Waals surface area contributed by atoms with Gasteiger partial charge in [-0.25, -0.2) is 9.97 Å². The number of thiophene rings is 1. The van der Waals surface area contributed by atoms with Gasteiger partial charge in [-0.3, -0.25) is 4.79 Å². The van der Waals surface area contributed by atoms with Crippen molar-refractivity contribution in [3.8, 4) is 0 Å². The summed E-state index contributed by atoms with van der Waals surface area (Å²) < 4.78 is 0. The number of nitrogens with one attached hydrogen (secondary N) is 1. The molecule has 0 aliphatic rings. The maximum absolute atomic E-state index is 12.8. The molecule has 4 nitrogen and oxygen atoms in total. The number of rotatable bonds is 4. The van der Waals surface area contributed by atoms with Gasteiger partial charge >= 0.3 is 0 Å². The second-order valence-corrected chi connectivity index (χ2v) is 9.20. The average molecular weight is 386 g/mol. The molecule has 0 fully saturated rings. The number of carbonyl (C=O) groups is 1. The first kappa shape index (κ1) is 18.9. The molecule has 1 N–H and O–H groups in total. The van der Waals surface area contributed by atoms with Gasteiger partial charge in [-0.2, -0.15) is 0 Å². The van der Waals surface area contributed by atoms with Crippen LogP contribution < -0.4 is 5.32 Å². The fourth-order valence-electron chi connectivity index (χ4n) is 3.06. The van der Waals surface area contributed by atoms with Crippen molar-refractivity contribution >= 4 is 44.9 Å². The fraction of sp³-hybridized carbons (Fsp3) is 0.350. The molecule has 0 unspecified atom stereocenters. The Labute approximate surface area is 162 Å². The van der Waals surface area contributed by atoms with Gasteiger partial charge in [-0.05, 0) is 58.2 Å². The number of benzene rings is 1. The van der Waals surface area contributed by atoms with Gasteiger partial charge < -0.3 is 5.32 Å². The summed E-state index contributed by atoms with van der Waals surface area (Å²) in [7, 11) is 0. The predicted octanol–water partition coefficient (Wildman–Crippen LogP) is 5.35. The van der Waals surface area contributed by atoms with Crippen molar-refractivity contribution in [2.45, 2.75) is 51.8 Å². The lowest BCUT2D eigenvalue weighted by Gasteiger charge is -2.16. The lowest BCUT2D eigenvalue weighted by atomic mass is 10.1. The van der Waals surface area contributed by atoms with Gasteiger partial charge in [0.2, 0.25) is 5.91 Å². The van der Waals surface area contributed by atoms with Crippen LogP contribution in [-0.2, 0) is 4.79 Å². The van der Waals surface area contributed by atoms with Crippen LogP contribution >= 0.6 is 23.1 Å². The number of amides is 1. The SMILES string of the molecule is Cc1cc(C)c(NC(=O)[C@@H](C)Sc2ncnc3sc(C)c(C)c23)c(C)c1. The van der Waals surface area contributed by atoms with Gasteiger partial charge in [0, 0.05) is 16.0 Å². The average Bonchev–Trinajstić information content (AvgIpc) is 2.86. The number of carbonyl (C=O) groups excluding carboxylic acids is 1. The van der Waals surface area contributed by atoms with Crippen LogP contribution in [0.1, 0.15) is 34.1 Å². The molecular formula is C20H23N3OS2. The molecule has 0 aliphatic carbocycles. The Kier molecular flexibility index (Phi) is 5.34. The van der Waals surface area contributed by atoms with Crippen molar-refractivity contribution in [3.63, 3.8) is 0 Å². The van der Waals surface area contributed by atoms with E-state index in [4.69, 9.17) is 0 Å². The zero-order chi connectivity index (χ0) is 19.0. The summed E-state index contributed by atoms with van der Waals surface area (Å²) in [6.07, 6.45) is 1.58. The Morgan fingerprint density at radius 3 is 2.42 bits per heavy atom. The van der Waals surface area contributed by atoms with Crippen LogP contribution in [0.2, 0.25) is 0 Å². The number of hydrogen-bond donors (Lipinski definition) is 1. The van der Waals surface area contributed by atoms with Crippen LogP contribution in [0.4, 0.5) is 5.69 Å². The zero-order valence-electron chi connectivity index (χ0n) is 15.9. The minimum atomic E-state index is -0.257. The van der Waals surface area contributed by atoms with Crippen LogP contribution in [0.25, 0.3) is 10.2 Å². The number of aromatic nitrogens is 2. The third kappa shape index (κ3) is 3.62. The van der Waals surface area contributed by atoms with E-state index in [0.29, 0.717) is 0 Å². The maximum atomic E-state index is 12.8. The molecule has 3 aromatic rings. The molecule has 1 aromatic carbocycles. The summed E-state index contributed by atoms with van der Waals surface area (Å²) in [6, 6.07) is 4.18. The molecule has 0 bridgehead atoms. The maximum Gasteiger partial charge on any atom is 0.237 e. The highest BCUT2D eigenvalue weighted by molar-refractivity contribution is 8.00. The molecule has 2 aromatic heterocycles. The molecule has 0 saturated carbocycles. The number of hydrogen-bond acceptors (Lipinski definition) is 5. The number of thioether (sulfide) groups is 1. The highest BCUT2D eigenvalue weighted by Gasteiger charge is 2.20.